The molecule has 0 radical (unpaired) electrons. The first-order chi connectivity index (χ1) is 15.3. The van der Waals surface area contributed by atoms with Crippen molar-refractivity contribution in [3.8, 4) is 0 Å². The molecule has 4 nitrogen and oxygen atoms in total. The van der Waals surface area contributed by atoms with Gasteiger partial charge in [-0.25, -0.2) is 0 Å². The van der Waals surface area contributed by atoms with Crippen LogP contribution >= 0.6 is 0 Å². The summed E-state index contributed by atoms with van der Waals surface area (Å²) in [6.07, 6.45) is 21.5. The van der Waals surface area contributed by atoms with E-state index in [0.29, 0.717) is 18.1 Å². The first-order valence-electron chi connectivity index (χ1n) is 14.5. The highest BCUT2D eigenvalue weighted by molar-refractivity contribution is 5.07. The largest absolute Gasteiger partial charge is 0.368 e. The van der Waals surface area contributed by atoms with Crippen LogP contribution in [-0.2, 0) is 4.74 Å². The topological polar surface area (TPSA) is 79.5 Å². The summed E-state index contributed by atoms with van der Waals surface area (Å²) in [6.45, 7) is 5.97. The molecule has 7 N–H and O–H groups in total. The van der Waals surface area contributed by atoms with E-state index in [2.05, 4.69) is 24.9 Å². The molecule has 0 aromatic heterocycles. The summed E-state index contributed by atoms with van der Waals surface area (Å²) in [5.41, 5.74) is 11.0. The number of rotatable bonds is 5. The van der Waals surface area contributed by atoms with E-state index in [1.807, 2.05) is 0 Å². The standard InChI is InChI=1S/C28H51N3O/c1-27(2)24-12-13-28(32-27,17-25(24)29)23-10-9-21(14-19-6-4-3-5-7-19)22(16-23)15-20-8-11-26(30)31-18-20/h19-26,31H,3-18,29-30H2,1-2H3/p+2. The van der Waals surface area contributed by atoms with E-state index >= 15 is 0 Å². The molecule has 8 atom stereocenters. The third-order valence-corrected chi connectivity index (χ3v) is 11.0. The molecule has 32 heavy (non-hydrogen) atoms. The van der Waals surface area contributed by atoms with Crippen molar-refractivity contribution in [2.45, 2.75) is 134 Å². The minimum absolute atomic E-state index is 0.0197. The summed E-state index contributed by atoms with van der Waals surface area (Å²) >= 11 is 0. The molecular formula is C28H53N3O+2. The van der Waals surface area contributed by atoms with Gasteiger partial charge in [0.2, 0.25) is 0 Å². The highest BCUT2D eigenvalue weighted by Gasteiger charge is 2.59. The van der Waals surface area contributed by atoms with Gasteiger partial charge in [0.1, 0.15) is 6.17 Å². The highest BCUT2D eigenvalue weighted by atomic mass is 16.5. The van der Waals surface area contributed by atoms with Crippen LogP contribution < -0.4 is 16.8 Å². The minimum atomic E-state index is 0.0197. The van der Waals surface area contributed by atoms with Crippen LogP contribution in [0.15, 0.2) is 0 Å². The molecule has 3 heterocycles. The second-order valence-corrected chi connectivity index (χ2v) is 13.5. The van der Waals surface area contributed by atoms with Crippen LogP contribution in [0.1, 0.15) is 110 Å². The van der Waals surface area contributed by atoms with Crippen molar-refractivity contribution in [3.05, 3.63) is 0 Å². The summed E-state index contributed by atoms with van der Waals surface area (Å²) in [4.78, 5) is 0. The van der Waals surface area contributed by atoms with Crippen LogP contribution in [0.25, 0.3) is 0 Å². The van der Waals surface area contributed by atoms with Gasteiger partial charge < -0.3 is 15.8 Å². The zero-order chi connectivity index (χ0) is 22.3. The average Bonchev–Trinajstić information content (AvgIpc) is 2.76. The number of fused-ring (bicyclic) bond motifs is 3. The maximum atomic E-state index is 7.05. The molecule has 8 unspecified atom stereocenters. The second-order valence-electron chi connectivity index (χ2n) is 13.5. The van der Waals surface area contributed by atoms with E-state index < -0.39 is 0 Å². The van der Waals surface area contributed by atoms with Gasteiger partial charge in [0.15, 0.2) is 0 Å². The molecule has 0 amide bonds. The Labute approximate surface area is 197 Å². The molecular weight excluding hydrogens is 394 g/mol. The van der Waals surface area contributed by atoms with Crippen LogP contribution in [0.5, 0.6) is 0 Å². The van der Waals surface area contributed by atoms with Crippen molar-refractivity contribution >= 4 is 0 Å². The zero-order valence-corrected chi connectivity index (χ0v) is 21.2. The Bertz CT molecular complexity index is 624. The molecule has 6 aliphatic rings. The van der Waals surface area contributed by atoms with Crippen molar-refractivity contribution < 1.29 is 15.8 Å². The lowest BCUT2D eigenvalue weighted by Crippen LogP contribution is -2.95. The number of piperidine rings is 1. The predicted molar refractivity (Wildman–Crippen MR) is 130 cm³/mol. The van der Waals surface area contributed by atoms with Gasteiger partial charge in [-0.1, -0.05) is 32.1 Å². The Morgan fingerprint density at radius 1 is 0.906 bits per heavy atom. The maximum Gasteiger partial charge on any atom is 0.137 e. The second kappa shape index (κ2) is 9.47. The van der Waals surface area contributed by atoms with Crippen LogP contribution in [0.2, 0.25) is 0 Å². The van der Waals surface area contributed by atoms with E-state index in [1.165, 1.54) is 103 Å². The quantitative estimate of drug-likeness (QED) is 0.602. The summed E-state index contributed by atoms with van der Waals surface area (Å²) in [5, 5.41) is 2.42. The van der Waals surface area contributed by atoms with Crippen LogP contribution in [0.4, 0.5) is 0 Å². The van der Waals surface area contributed by atoms with Gasteiger partial charge in [-0.2, -0.15) is 0 Å². The molecule has 2 bridgehead atoms. The molecule has 3 aliphatic carbocycles. The fourth-order valence-electron chi connectivity index (χ4n) is 9.31. The van der Waals surface area contributed by atoms with Gasteiger partial charge >= 0.3 is 0 Å². The Hall–Kier alpha value is -0.160. The predicted octanol–water partition coefficient (Wildman–Crippen LogP) is 3.60. The van der Waals surface area contributed by atoms with E-state index in [-0.39, 0.29) is 11.2 Å². The smallest absolute Gasteiger partial charge is 0.137 e. The van der Waals surface area contributed by atoms with Crippen molar-refractivity contribution in [2.75, 3.05) is 6.54 Å². The first-order valence-corrected chi connectivity index (χ1v) is 14.5. The lowest BCUT2D eigenvalue weighted by molar-refractivity contribution is -0.703. The molecule has 6 rings (SSSR count). The summed E-state index contributed by atoms with van der Waals surface area (Å²) < 4.78 is 7.05. The molecule has 6 fully saturated rings. The highest BCUT2D eigenvalue weighted by Crippen LogP contribution is 2.56. The van der Waals surface area contributed by atoms with Gasteiger partial charge in [-0.15, -0.1) is 0 Å². The SMILES string of the molecule is CC1(C)OC2(C3CCC(CC4CCCCC4)C(CC4CCC(N)[NH2+]C4)C3)CCC1C([NH3+])C2. The van der Waals surface area contributed by atoms with Gasteiger partial charge in [0.05, 0.1) is 23.8 Å². The molecule has 3 saturated heterocycles. The number of hydrogen-bond acceptors (Lipinski definition) is 2. The fraction of sp³-hybridized carbons (Fsp3) is 1.00. The molecule has 3 aliphatic heterocycles. The third kappa shape index (κ3) is 4.81. The van der Waals surface area contributed by atoms with E-state index in [1.54, 1.807) is 0 Å². The Morgan fingerprint density at radius 3 is 2.38 bits per heavy atom. The molecule has 184 valence electrons. The molecule has 3 saturated carbocycles. The monoisotopic (exact) mass is 447 g/mol. The number of quaternary nitrogens is 2. The maximum absolute atomic E-state index is 7.05. The van der Waals surface area contributed by atoms with Crippen molar-refractivity contribution in [3.63, 3.8) is 0 Å². The van der Waals surface area contributed by atoms with E-state index in [4.69, 9.17) is 10.5 Å². The van der Waals surface area contributed by atoms with Crippen molar-refractivity contribution in [1.29, 1.82) is 0 Å². The van der Waals surface area contributed by atoms with Gasteiger partial charge in [0, 0.05) is 24.7 Å². The van der Waals surface area contributed by atoms with Crippen LogP contribution in [0.3, 0.4) is 0 Å². The van der Waals surface area contributed by atoms with Crippen molar-refractivity contribution in [1.82, 2.24) is 0 Å². The van der Waals surface area contributed by atoms with E-state index in [9.17, 15) is 0 Å². The summed E-state index contributed by atoms with van der Waals surface area (Å²) in [6, 6.07) is 0.584. The number of hydrogen-bond donors (Lipinski definition) is 3. The Balaban J connectivity index is 1.30. The fourth-order valence-corrected chi connectivity index (χ4v) is 9.31. The van der Waals surface area contributed by atoms with E-state index in [0.717, 1.165) is 29.6 Å². The molecule has 0 aromatic rings. The van der Waals surface area contributed by atoms with Crippen LogP contribution in [-0.4, -0.2) is 30.0 Å². The summed E-state index contributed by atoms with van der Waals surface area (Å²) in [5.74, 6) is 5.18. The van der Waals surface area contributed by atoms with Gasteiger partial charge in [-0.3, -0.25) is 5.73 Å². The minimum Gasteiger partial charge on any atom is -0.368 e. The Kier molecular flexibility index (Phi) is 6.98. The lowest BCUT2D eigenvalue weighted by Gasteiger charge is -2.60. The number of ether oxygens (including phenoxy) is 1. The van der Waals surface area contributed by atoms with Gasteiger partial charge in [-0.05, 0) is 88.9 Å². The van der Waals surface area contributed by atoms with Gasteiger partial charge in [0.25, 0.3) is 0 Å². The lowest BCUT2D eigenvalue weighted by atomic mass is 9.56. The summed E-state index contributed by atoms with van der Waals surface area (Å²) in [7, 11) is 0. The van der Waals surface area contributed by atoms with Crippen molar-refractivity contribution in [2.24, 2.45) is 41.2 Å². The molecule has 0 aromatic carbocycles. The van der Waals surface area contributed by atoms with Crippen LogP contribution in [0, 0.1) is 35.5 Å². The average molecular weight is 448 g/mol. The third-order valence-electron chi connectivity index (χ3n) is 11.0. The normalized spacial score (nSPS) is 47.4. The number of nitrogens with two attached hydrogens (primary N) is 2. The Morgan fingerprint density at radius 2 is 1.69 bits per heavy atom. The molecule has 4 heteroatoms. The molecule has 0 spiro atoms. The first kappa shape index (κ1) is 23.6. The zero-order valence-electron chi connectivity index (χ0n) is 21.2.